The highest BCUT2D eigenvalue weighted by atomic mass is 16.5. The van der Waals surface area contributed by atoms with Crippen LogP contribution >= 0.6 is 0 Å². The summed E-state index contributed by atoms with van der Waals surface area (Å²) in [4.78, 5) is 12.9. The molecule has 0 bridgehead atoms. The van der Waals surface area contributed by atoms with Crippen molar-refractivity contribution in [2.24, 2.45) is 29.1 Å². The third kappa shape index (κ3) is 4.81. The van der Waals surface area contributed by atoms with Gasteiger partial charge in [-0.05, 0) is 67.4 Å². The molecule has 0 unspecified atom stereocenters. The highest BCUT2D eigenvalue weighted by Gasteiger charge is 2.53. The summed E-state index contributed by atoms with van der Waals surface area (Å²) in [6, 6.07) is 7.38. The van der Waals surface area contributed by atoms with Crippen molar-refractivity contribution >= 4 is 5.97 Å². The van der Waals surface area contributed by atoms with Crippen LogP contribution < -0.4 is 4.74 Å². The minimum Gasteiger partial charge on any atom is -0.496 e. The lowest BCUT2D eigenvalue weighted by atomic mass is 9.61. The fraction of sp³-hybridized carbons (Fsp3) is 0.731. The molecule has 1 aromatic carbocycles. The molecule has 0 aromatic heterocycles. The van der Waals surface area contributed by atoms with E-state index in [9.17, 15) is 4.79 Å². The largest absolute Gasteiger partial charge is 0.496 e. The molecule has 3 nitrogen and oxygen atoms in total. The van der Waals surface area contributed by atoms with Gasteiger partial charge >= 0.3 is 5.97 Å². The Morgan fingerprint density at radius 3 is 2.62 bits per heavy atom. The van der Waals surface area contributed by atoms with Gasteiger partial charge < -0.3 is 9.47 Å². The number of methoxy groups -OCH3 is 1. The Kier molecular flexibility index (Phi) is 7.29. The fourth-order valence-electron chi connectivity index (χ4n) is 6.30. The molecule has 5 atom stereocenters. The molecular weight excluding hydrogens is 360 g/mol. The van der Waals surface area contributed by atoms with Gasteiger partial charge in [-0.2, -0.15) is 0 Å². The van der Waals surface area contributed by atoms with Crippen LogP contribution in [0.25, 0.3) is 0 Å². The predicted molar refractivity (Wildman–Crippen MR) is 118 cm³/mol. The van der Waals surface area contributed by atoms with Crippen molar-refractivity contribution in [3.8, 4) is 5.75 Å². The highest BCUT2D eigenvalue weighted by Crippen LogP contribution is 2.59. The number of hydrogen-bond acceptors (Lipinski definition) is 3. The Morgan fingerprint density at radius 1 is 1.14 bits per heavy atom. The first-order valence-corrected chi connectivity index (χ1v) is 11.7. The Labute approximate surface area is 177 Å². The molecule has 2 aliphatic carbocycles. The van der Waals surface area contributed by atoms with Crippen LogP contribution in [0.15, 0.2) is 24.3 Å². The van der Waals surface area contributed by atoms with E-state index in [0.717, 1.165) is 30.6 Å². The van der Waals surface area contributed by atoms with Gasteiger partial charge in [0.15, 0.2) is 0 Å². The molecule has 1 aromatic rings. The van der Waals surface area contributed by atoms with Crippen LogP contribution in [0.2, 0.25) is 0 Å². The summed E-state index contributed by atoms with van der Waals surface area (Å²) < 4.78 is 11.5. The van der Waals surface area contributed by atoms with Crippen molar-refractivity contribution in [3.63, 3.8) is 0 Å². The van der Waals surface area contributed by atoms with Gasteiger partial charge in [0.2, 0.25) is 0 Å². The number of hydrogen-bond donors (Lipinski definition) is 0. The van der Waals surface area contributed by atoms with Gasteiger partial charge in [-0.25, -0.2) is 4.79 Å². The first-order chi connectivity index (χ1) is 13.9. The number of carbonyl (C=O) groups excluding carboxylic acids is 1. The van der Waals surface area contributed by atoms with Crippen LogP contribution in [-0.2, 0) is 4.74 Å². The van der Waals surface area contributed by atoms with E-state index in [1.807, 2.05) is 18.2 Å². The van der Waals surface area contributed by atoms with E-state index in [4.69, 9.17) is 9.47 Å². The van der Waals surface area contributed by atoms with Gasteiger partial charge in [0.25, 0.3) is 0 Å². The molecule has 0 amide bonds. The lowest BCUT2D eigenvalue weighted by molar-refractivity contribution is -0.0474. The maximum Gasteiger partial charge on any atom is 0.342 e. The van der Waals surface area contributed by atoms with Crippen molar-refractivity contribution in [2.75, 3.05) is 7.11 Å². The minimum absolute atomic E-state index is 0.0408. The zero-order valence-electron chi connectivity index (χ0n) is 19.1. The van der Waals surface area contributed by atoms with Crippen molar-refractivity contribution < 1.29 is 14.3 Å². The van der Waals surface area contributed by atoms with E-state index in [1.54, 1.807) is 13.2 Å². The predicted octanol–water partition coefficient (Wildman–Crippen LogP) is 6.90. The second-order valence-corrected chi connectivity index (χ2v) is 10.1. The molecule has 3 rings (SSSR count). The second-order valence-electron chi connectivity index (χ2n) is 10.1. The SMILES string of the molecule is COc1ccccc1C(=O)O[C@H]1CCC[C@]2(C)[C@@H]([C@H](C)CCCC(C)C)CC[C@@H]12. The van der Waals surface area contributed by atoms with Crippen LogP contribution in [0.4, 0.5) is 0 Å². The standard InChI is InChI=1S/C26H40O3/c1-18(2)10-8-11-19(3)21-15-16-22-24(14-9-17-26(21,22)4)29-25(27)20-12-6-7-13-23(20)28-5/h6-7,12-13,18-19,21-22,24H,8-11,14-17H2,1-5H3/t19-,21-,22+,24+,26-/m1/s1. The first kappa shape index (κ1) is 22.2. The monoisotopic (exact) mass is 400 g/mol. The molecule has 0 radical (unpaired) electrons. The highest BCUT2D eigenvalue weighted by molar-refractivity contribution is 5.92. The van der Waals surface area contributed by atoms with Crippen LogP contribution in [0.5, 0.6) is 5.75 Å². The summed E-state index contributed by atoms with van der Waals surface area (Å²) in [5.74, 6) is 3.17. The molecule has 0 aliphatic heterocycles. The Morgan fingerprint density at radius 2 is 1.90 bits per heavy atom. The minimum atomic E-state index is -0.231. The zero-order chi connectivity index (χ0) is 21.0. The van der Waals surface area contributed by atoms with Crippen LogP contribution in [0.3, 0.4) is 0 Å². The number of para-hydroxylation sites is 1. The van der Waals surface area contributed by atoms with Gasteiger partial charge in [0.1, 0.15) is 17.4 Å². The van der Waals surface area contributed by atoms with Crippen LogP contribution in [-0.4, -0.2) is 19.2 Å². The van der Waals surface area contributed by atoms with Gasteiger partial charge in [0, 0.05) is 5.92 Å². The molecule has 2 aliphatic rings. The molecule has 0 saturated heterocycles. The molecule has 29 heavy (non-hydrogen) atoms. The van der Waals surface area contributed by atoms with E-state index >= 15 is 0 Å². The number of esters is 1. The average molecular weight is 401 g/mol. The summed E-state index contributed by atoms with van der Waals surface area (Å²) >= 11 is 0. The maximum absolute atomic E-state index is 12.9. The molecule has 2 fully saturated rings. The topological polar surface area (TPSA) is 35.5 Å². The Balaban J connectivity index is 1.67. The lowest BCUT2D eigenvalue weighted by Gasteiger charge is -2.46. The van der Waals surface area contributed by atoms with E-state index in [0.29, 0.717) is 22.6 Å². The third-order valence-corrected chi connectivity index (χ3v) is 7.85. The summed E-state index contributed by atoms with van der Waals surface area (Å²) in [6.45, 7) is 9.58. The fourth-order valence-corrected chi connectivity index (χ4v) is 6.30. The van der Waals surface area contributed by atoms with Gasteiger partial charge in [-0.1, -0.05) is 59.1 Å². The zero-order valence-corrected chi connectivity index (χ0v) is 19.1. The molecule has 0 heterocycles. The molecule has 162 valence electrons. The van der Waals surface area contributed by atoms with E-state index in [-0.39, 0.29) is 12.1 Å². The Hall–Kier alpha value is -1.51. The molecule has 3 heteroatoms. The molecule has 0 spiro atoms. The summed E-state index contributed by atoms with van der Waals surface area (Å²) in [5, 5.41) is 0. The second kappa shape index (κ2) is 9.53. The molecule has 0 N–H and O–H groups in total. The van der Waals surface area contributed by atoms with Gasteiger partial charge in [0.05, 0.1) is 7.11 Å². The number of ether oxygens (including phenoxy) is 2. The third-order valence-electron chi connectivity index (χ3n) is 7.85. The maximum atomic E-state index is 12.9. The summed E-state index contributed by atoms with van der Waals surface area (Å²) in [5.41, 5.74) is 0.847. The molecule has 2 saturated carbocycles. The van der Waals surface area contributed by atoms with Gasteiger partial charge in [-0.3, -0.25) is 0 Å². The number of carbonyl (C=O) groups is 1. The smallest absolute Gasteiger partial charge is 0.342 e. The Bertz CT molecular complexity index is 682. The first-order valence-electron chi connectivity index (χ1n) is 11.7. The number of benzene rings is 1. The van der Waals surface area contributed by atoms with Gasteiger partial charge in [-0.15, -0.1) is 0 Å². The van der Waals surface area contributed by atoms with Crippen molar-refractivity contribution in [1.29, 1.82) is 0 Å². The van der Waals surface area contributed by atoms with Crippen molar-refractivity contribution in [3.05, 3.63) is 29.8 Å². The lowest BCUT2D eigenvalue weighted by Crippen LogP contribution is -2.43. The average Bonchev–Trinajstić information content (AvgIpc) is 3.05. The summed E-state index contributed by atoms with van der Waals surface area (Å²) in [6.07, 6.45) is 9.95. The normalized spacial score (nSPS) is 30.1. The van der Waals surface area contributed by atoms with E-state index in [2.05, 4.69) is 27.7 Å². The van der Waals surface area contributed by atoms with Crippen molar-refractivity contribution in [1.82, 2.24) is 0 Å². The number of fused-ring (bicyclic) bond motifs is 1. The van der Waals surface area contributed by atoms with E-state index in [1.165, 1.54) is 38.5 Å². The molecular formula is C26H40O3. The van der Waals surface area contributed by atoms with Crippen LogP contribution in [0, 0.1) is 29.1 Å². The van der Waals surface area contributed by atoms with Crippen molar-refractivity contribution in [2.45, 2.75) is 85.2 Å². The summed E-state index contributed by atoms with van der Waals surface area (Å²) in [7, 11) is 1.60. The quantitative estimate of drug-likeness (QED) is 0.445. The van der Waals surface area contributed by atoms with E-state index < -0.39 is 0 Å². The van der Waals surface area contributed by atoms with Crippen LogP contribution in [0.1, 0.15) is 89.4 Å². The number of rotatable bonds is 8.